The van der Waals surface area contributed by atoms with Crippen LogP contribution in [0.4, 0.5) is 5.82 Å². The molecule has 3 aliphatic rings. The summed E-state index contributed by atoms with van der Waals surface area (Å²) in [5.74, 6) is 2.92. The highest BCUT2D eigenvalue weighted by Gasteiger charge is 2.44. The second-order valence-electron chi connectivity index (χ2n) is 8.60. The Morgan fingerprint density at radius 3 is 2.86 bits per heavy atom. The molecule has 0 aromatic carbocycles. The lowest BCUT2D eigenvalue weighted by molar-refractivity contribution is -0.00542. The molecule has 0 amide bonds. The summed E-state index contributed by atoms with van der Waals surface area (Å²) < 4.78 is 7.99. The molecule has 0 unspecified atom stereocenters. The minimum absolute atomic E-state index is 0.188. The van der Waals surface area contributed by atoms with E-state index in [0.29, 0.717) is 17.8 Å². The highest BCUT2D eigenvalue weighted by atomic mass is 16.5. The number of hydrogen-bond acceptors (Lipinski definition) is 6. The van der Waals surface area contributed by atoms with Gasteiger partial charge >= 0.3 is 0 Å². The summed E-state index contributed by atoms with van der Waals surface area (Å²) in [5, 5.41) is 17.2. The molecule has 8 nitrogen and oxygen atoms in total. The molecule has 0 bridgehead atoms. The van der Waals surface area contributed by atoms with Gasteiger partial charge in [0.25, 0.3) is 0 Å². The third-order valence-corrected chi connectivity index (χ3v) is 6.90. The predicted molar refractivity (Wildman–Crippen MR) is 104 cm³/mol. The van der Waals surface area contributed by atoms with Gasteiger partial charge in [-0.3, -0.25) is 5.10 Å². The van der Waals surface area contributed by atoms with Crippen molar-refractivity contribution in [3.05, 3.63) is 30.4 Å². The number of rotatable bonds is 4. The van der Waals surface area contributed by atoms with Gasteiger partial charge in [-0.15, -0.1) is 5.10 Å². The van der Waals surface area contributed by atoms with Crippen LogP contribution in [0, 0.1) is 11.8 Å². The summed E-state index contributed by atoms with van der Waals surface area (Å²) in [6, 6.07) is 2.25. The Morgan fingerprint density at radius 2 is 2.04 bits per heavy atom. The van der Waals surface area contributed by atoms with Gasteiger partial charge < -0.3 is 9.64 Å². The van der Waals surface area contributed by atoms with Crippen molar-refractivity contribution in [3.63, 3.8) is 0 Å². The Kier molecular flexibility index (Phi) is 3.69. The number of pyridine rings is 1. The highest BCUT2D eigenvalue weighted by molar-refractivity contribution is 5.89. The van der Waals surface area contributed by atoms with Gasteiger partial charge in [-0.2, -0.15) is 5.10 Å². The van der Waals surface area contributed by atoms with Gasteiger partial charge in [0.2, 0.25) is 0 Å². The van der Waals surface area contributed by atoms with Crippen molar-refractivity contribution in [2.24, 2.45) is 11.8 Å². The number of H-pyrrole nitrogens is 1. The summed E-state index contributed by atoms with van der Waals surface area (Å²) in [5.41, 5.74) is 2.20. The average molecular weight is 379 g/mol. The van der Waals surface area contributed by atoms with Crippen LogP contribution in [0.1, 0.15) is 43.3 Å². The quantitative estimate of drug-likeness (QED) is 0.750. The summed E-state index contributed by atoms with van der Waals surface area (Å²) in [4.78, 5) is 7.10. The zero-order valence-electron chi connectivity index (χ0n) is 16.0. The number of aromatic amines is 1. The highest BCUT2D eigenvalue weighted by Crippen LogP contribution is 2.44. The van der Waals surface area contributed by atoms with E-state index in [1.165, 1.54) is 12.8 Å². The van der Waals surface area contributed by atoms with Gasteiger partial charge in [-0.1, -0.05) is 5.21 Å². The van der Waals surface area contributed by atoms with Crippen molar-refractivity contribution in [2.75, 3.05) is 25.1 Å². The molecule has 6 rings (SSSR count). The molecule has 146 valence electrons. The van der Waals surface area contributed by atoms with Crippen LogP contribution in [0.15, 0.2) is 24.7 Å². The number of hydrogen-bond donors (Lipinski definition) is 1. The van der Waals surface area contributed by atoms with E-state index in [9.17, 15) is 0 Å². The lowest BCUT2D eigenvalue weighted by Gasteiger charge is -2.36. The molecule has 4 heterocycles. The molecule has 2 aliphatic carbocycles. The van der Waals surface area contributed by atoms with Crippen LogP contribution in [-0.4, -0.2) is 56.5 Å². The van der Waals surface area contributed by atoms with Gasteiger partial charge in [0.1, 0.15) is 5.82 Å². The number of anilines is 1. The third-order valence-electron chi connectivity index (χ3n) is 6.90. The molecule has 1 saturated heterocycles. The zero-order chi connectivity index (χ0) is 18.7. The molecule has 0 radical (unpaired) electrons. The minimum Gasteiger partial charge on any atom is -0.379 e. The molecule has 3 aromatic heterocycles. The van der Waals surface area contributed by atoms with Crippen LogP contribution in [-0.2, 0) is 4.74 Å². The minimum atomic E-state index is 0.188. The molecule has 2 saturated carbocycles. The molecule has 28 heavy (non-hydrogen) atoms. The Morgan fingerprint density at radius 1 is 1.18 bits per heavy atom. The van der Waals surface area contributed by atoms with E-state index in [0.717, 1.165) is 48.3 Å². The largest absolute Gasteiger partial charge is 0.379 e. The molecular formula is C20H25N7O. The van der Waals surface area contributed by atoms with Crippen LogP contribution in [0.2, 0.25) is 0 Å². The fourth-order valence-corrected chi connectivity index (χ4v) is 5.22. The van der Waals surface area contributed by atoms with Crippen molar-refractivity contribution < 1.29 is 4.74 Å². The zero-order valence-corrected chi connectivity index (χ0v) is 16.0. The molecule has 3 aromatic rings. The van der Waals surface area contributed by atoms with E-state index in [4.69, 9.17) is 4.74 Å². The first-order valence-corrected chi connectivity index (χ1v) is 10.3. The molecule has 4 atom stereocenters. The second-order valence-corrected chi connectivity index (χ2v) is 8.60. The summed E-state index contributed by atoms with van der Waals surface area (Å²) in [6.45, 7) is 2.05. The van der Waals surface area contributed by atoms with Crippen molar-refractivity contribution in [1.82, 2.24) is 30.2 Å². The molecule has 1 N–H and O–H groups in total. The van der Waals surface area contributed by atoms with Crippen molar-refractivity contribution >= 4 is 16.7 Å². The molecule has 0 spiro atoms. The molecule has 3 fully saturated rings. The van der Waals surface area contributed by atoms with E-state index >= 15 is 0 Å². The Labute approximate surface area is 163 Å². The van der Waals surface area contributed by atoms with E-state index in [1.807, 2.05) is 25.6 Å². The van der Waals surface area contributed by atoms with Gasteiger partial charge in [0.05, 0.1) is 34.9 Å². The number of fused-ring (bicyclic) bond motifs is 2. The van der Waals surface area contributed by atoms with Crippen LogP contribution in [0.3, 0.4) is 0 Å². The predicted octanol–water partition coefficient (Wildman–Crippen LogP) is 2.53. The van der Waals surface area contributed by atoms with Gasteiger partial charge in [0.15, 0.2) is 0 Å². The SMILES string of the molecule is CO[C@@H]1C[C@H]2CN(c3nccc4[nH]ncc34)C[C@H]2C[C@H]1n1cc(C2CC2)nn1. The summed E-state index contributed by atoms with van der Waals surface area (Å²) in [7, 11) is 1.83. The van der Waals surface area contributed by atoms with Crippen LogP contribution in [0.25, 0.3) is 10.9 Å². The summed E-state index contributed by atoms with van der Waals surface area (Å²) >= 11 is 0. The third kappa shape index (κ3) is 2.62. The topological polar surface area (TPSA) is 84.8 Å². The van der Waals surface area contributed by atoms with E-state index < -0.39 is 0 Å². The first-order valence-electron chi connectivity index (χ1n) is 10.3. The Balaban J connectivity index is 1.25. The van der Waals surface area contributed by atoms with Crippen LogP contribution < -0.4 is 4.90 Å². The normalized spacial score (nSPS) is 30.1. The Hall–Kier alpha value is -2.48. The smallest absolute Gasteiger partial charge is 0.139 e. The van der Waals surface area contributed by atoms with Gasteiger partial charge in [-0.25, -0.2) is 9.67 Å². The van der Waals surface area contributed by atoms with Crippen molar-refractivity contribution in [3.8, 4) is 0 Å². The fraction of sp³-hybridized carbons (Fsp3) is 0.600. The molecule has 8 heteroatoms. The number of nitrogens with one attached hydrogen (secondary N) is 1. The maximum atomic E-state index is 5.91. The maximum absolute atomic E-state index is 5.91. The van der Waals surface area contributed by atoms with Crippen molar-refractivity contribution in [1.29, 1.82) is 0 Å². The van der Waals surface area contributed by atoms with E-state index in [1.54, 1.807) is 0 Å². The second kappa shape index (κ2) is 6.27. The first kappa shape index (κ1) is 16.5. The van der Waals surface area contributed by atoms with Crippen LogP contribution in [0.5, 0.6) is 0 Å². The molecule has 1 aliphatic heterocycles. The van der Waals surface area contributed by atoms with Crippen molar-refractivity contribution in [2.45, 2.75) is 43.7 Å². The fourth-order valence-electron chi connectivity index (χ4n) is 5.22. The monoisotopic (exact) mass is 379 g/mol. The Bertz CT molecular complexity index is 993. The first-order chi connectivity index (χ1) is 13.8. The number of nitrogens with zero attached hydrogens (tertiary/aromatic N) is 6. The van der Waals surface area contributed by atoms with Crippen LogP contribution >= 0.6 is 0 Å². The maximum Gasteiger partial charge on any atom is 0.139 e. The number of methoxy groups -OCH3 is 1. The standard InChI is InChI=1S/C20H25N7O/c1-28-19-7-14-10-26(20-15-8-22-23-16(15)4-5-21-20)9-13(14)6-18(19)27-11-17(24-25-27)12-2-3-12/h4-5,8,11-14,18-19H,2-3,6-7,9-10H2,1H3,(H,22,23)/t13-,14+,18-,19-/m1/s1. The van der Waals surface area contributed by atoms with Gasteiger partial charge in [0, 0.05) is 38.5 Å². The number of aromatic nitrogens is 6. The summed E-state index contributed by atoms with van der Waals surface area (Å²) in [6.07, 6.45) is 10.7. The van der Waals surface area contributed by atoms with E-state index in [2.05, 4.69) is 41.3 Å². The average Bonchev–Trinajstić information content (AvgIpc) is 3.12. The number of ether oxygens (including phenoxy) is 1. The lowest BCUT2D eigenvalue weighted by atomic mass is 9.77. The van der Waals surface area contributed by atoms with Gasteiger partial charge in [-0.05, 0) is 43.6 Å². The van der Waals surface area contributed by atoms with E-state index in [-0.39, 0.29) is 12.1 Å². The molecular weight excluding hydrogens is 354 g/mol. The lowest BCUT2D eigenvalue weighted by Crippen LogP contribution is -2.37.